The maximum Gasteiger partial charge on any atom is 0.306 e. The van der Waals surface area contributed by atoms with Crippen LogP contribution in [-0.4, -0.2) is 33.3 Å². The molecule has 6 nitrogen and oxygen atoms in total. The maximum atomic E-state index is 12.8. The Kier molecular flexibility index (Phi) is 8.78. The minimum atomic E-state index is -0.197. The van der Waals surface area contributed by atoms with Crippen molar-refractivity contribution in [3.05, 3.63) is 52.1 Å². The van der Waals surface area contributed by atoms with Crippen molar-refractivity contribution in [2.75, 3.05) is 38.4 Å². The Bertz CT molecular complexity index is 1060. The van der Waals surface area contributed by atoms with Crippen LogP contribution in [0, 0.1) is 12.8 Å². The number of benzene rings is 2. The zero-order chi connectivity index (χ0) is 25.7. The van der Waals surface area contributed by atoms with E-state index in [0.29, 0.717) is 24.1 Å². The number of fused-ring (bicyclic) bond motifs is 1. The molecule has 2 aliphatic carbocycles. The number of nitrogens with one attached hydrogen (secondary N) is 2. The first-order valence-corrected chi connectivity index (χ1v) is 13.6. The predicted molar refractivity (Wildman–Crippen MR) is 147 cm³/mol. The lowest BCUT2D eigenvalue weighted by Gasteiger charge is -2.26. The van der Waals surface area contributed by atoms with E-state index in [-0.39, 0.29) is 18.3 Å². The van der Waals surface area contributed by atoms with Crippen molar-refractivity contribution in [3.63, 3.8) is 0 Å². The SMILES string of the molecule is CCOC(=O)CC(c1cc(N)c(NC)c(OC)c1)c1ccc(C)c2c1CCC2NCC1CCCCC1. The number of anilines is 2. The van der Waals surface area contributed by atoms with Crippen LogP contribution < -0.4 is 21.1 Å². The number of carbonyl (C=O) groups is 1. The van der Waals surface area contributed by atoms with Gasteiger partial charge in [0.1, 0.15) is 5.75 Å². The van der Waals surface area contributed by atoms with E-state index in [1.165, 1.54) is 54.4 Å². The lowest BCUT2D eigenvalue weighted by molar-refractivity contribution is -0.143. The molecule has 6 heteroatoms. The van der Waals surface area contributed by atoms with E-state index in [2.05, 4.69) is 29.7 Å². The second-order valence-corrected chi connectivity index (χ2v) is 10.4. The molecule has 0 radical (unpaired) electrons. The number of esters is 1. The van der Waals surface area contributed by atoms with Crippen molar-refractivity contribution >= 4 is 17.3 Å². The van der Waals surface area contributed by atoms with Crippen LogP contribution in [-0.2, 0) is 16.0 Å². The summed E-state index contributed by atoms with van der Waals surface area (Å²) in [4.78, 5) is 12.8. The fourth-order valence-electron chi connectivity index (χ4n) is 6.31. The van der Waals surface area contributed by atoms with Crippen molar-refractivity contribution in [2.45, 2.75) is 77.2 Å². The number of carbonyl (C=O) groups excluding carboxylic acids is 1. The highest BCUT2D eigenvalue weighted by Crippen LogP contribution is 2.44. The molecule has 4 rings (SSSR count). The highest BCUT2D eigenvalue weighted by Gasteiger charge is 2.31. The fraction of sp³-hybridized carbons (Fsp3) is 0.567. The van der Waals surface area contributed by atoms with Crippen molar-refractivity contribution in [2.24, 2.45) is 5.92 Å². The third-order valence-corrected chi connectivity index (χ3v) is 8.10. The zero-order valence-corrected chi connectivity index (χ0v) is 22.4. The van der Waals surface area contributed by atoms with Gasteiger partial charge >= 0.3 is 5.97 Å². The zero-order valence-electron chi connectivity index (χ0n) is 22.4. The van der Waals surface area contributed by atoms with Gasteiger partial charge in [-0.25, -0.2) is 0 Å². The van der Waals surface area contributed by atoms with Gasteiger partial charge in [-0.3, -0.25) is 4.79 Å². The molecule has 0 bridgehead atoms. The third kappa shape index (κ3) is 5.64. The Balaban J connectivity index is 1.70. The van der Waals surface area contributed by atoms with Gasteiger partial charge in [0.05, 0.1) is 31.5 Å². The molecular formula is C30H43N3O3. The molecule has 0 amide bonds. The van der Waals surface area contributed by atoms with Gasteiger partial charge in [0, 0.05) is 19.0 Å². The summed E-state index contributed by atoms with van der Waals surface area (Å²) in [6.07, 6.45) is 9.18. The van der Waals surface area contributed by atoms with Gasteiger partial charge in [-0.1, -0.05) is 31.4 Å². The van der Waals surface area contributed by atoms with Crippen LogP contribution in [0.25, 0.3) is 0 Å². The normalized spacial score (nSPS) is 18.5. The highest BCUT2D eigenvalue weighted by molar-refractivity contribution is 5.77. The number of rotatable bonds is 10. The van der Waals surface area contributed by atoms with Crippen LogP contribution >= 0.6 is 0 Å². The van der Waals surface area contributed by atoms with Gasteiger partial charge in [0.2, 0.25) is 0 Å². The molecule has 2 aliphatic rings. The van der Waals surface area contributed by atoms with Crippen molar-refractivity contribution < 1.29 is 14.3 Å². The van der Waals surface area contributed by atoms with Crippen LogP contribution in [0.1, 0.15) is 91.6 Å². The molecule has 1 saturated carbocycles. The van der Waals surface area contributed by atoms with E-state index in [1.807, 2.05) is 26.1 Å². The van der Waals surface area contributed by atoms with Gasteiger partial charge in [0.25, 0.3) is 0 Å². The van der Waals surface area contributed by atoms with Crippen LogP contribution in [0.5, 0.6) is 5.75 Å². The molecule has 2 unspecified atom stereocenters. The Hall–Kier alpha value is -2.73. The minimum Gasteiger partial charge on any atom is -0.494 e. The molecular weight excluding hydrogens is 450 g/mol. The van der Waals surface area contributed by atoms with Crippen LogP contribution in [0.15, 0.2) is 24.3 Å². The summed E-state index contributed by atoms with van der Waals surface area (Å²) in [7, 11) is 3.48. The Labute approximate surface area is 216 Å². The number of ether oxygens (including phenoxy) is 2. The highest BCUT2D eigenvalue weighted by atomic mass is 16.5. The Morgan fingerprint density at radius 3 is 2.64 bits per heavy atom. The summed E-state index contributed by atoms with van der Waals surface area (Å²) < 4.78 is 11.0. The number of methoxy groups -OCH3 is 1. The largest absolute Gasteiger partial charge is 0.494 e. The van der Waals surface area contributed by atoms with Crippen LogP contribution in [0.3, 0.4) is 0 Å². The second kappa shape index (κ2) is 12.0. The molecule has 0 saturated heterocycles. The average Bonchev–Trinajstić information content (AvgIpc) is 3.32. The fourth-order valence-corrected chi connectivity index (χ4v) is 6.31. The molecule has 0 aromatic heterocycles. The molecule has 1 fully saturated rings. The molecule has 196 valence electrons. The van der Waals surface area contributed by atoms with E-state index in [1.54, 1.807) is 7.11 Å². The summed E-state index contributed by atoms with van der Waals surface area (Å²) in [5.41, 5.74) is 14.1. The van der Waals surface area contributed by atoms with E-state index in [9.17, 15) is 4.79 Å². The lowest BCUT2D eigenvalue weighted by Crippen LogP contribution is -2.27. The van der Waals surface area contributed by atoms with Crippen molar-refractivity contribution in [1.82, 2.24) is 5.32 Å². The standard InChI is InChI=1S/C30H43N3O3/c1-5-36-28(34)17-24(21-15-25(31)30(32-3)27(16-21)35-4)22-12-11-19(2)29-23(22)13-14-26(29)33-18-20-9-7-6-8-10-20/h11-12,15-16,20,24,26,32-33H,5-10,13-14,17-18,31H2,1-4H3. The predicted octanol–water partition coefficient (Wildman–Crippen LogP) is 5.87. The monoisotopic (exact) mass is 493 g/mol. The summed E-state index contributed by atoms with van der Waals surface area (Å²) in [6.45, 7) is 5.53. The molecule has 2 aromatic rings. The molecule has 2 atom stereocenters. The lowest BCUT2D eigenvalue weighted by atomic mass is 9.83. The summed E-state index contributed by atoms with van der Waals surface area (Å²) in [5, 5.41) is 7.05. The van der Waals surface area contributed by atoms with Gasteiger partial charge < -0.3 is 25.8 Å². The number of nitrogens with two attached hydrogens (primary N) is 1. The number of hydrogen-bond acceptors (Lipinski definition) is 6. The summed E-state index contributed by atoms with van der Waals surface area (Å²) in [6, 6.07) is 8.77. The van der Waals surface area contributed by atoms with Crippen LogP contribution in [0.4, 0.5) is 11.4 Å². The van der Waals surface area contributed by atoms with Gasteiger partial charge in [-0.15, -0.1) is 0 Å². The van der Waals surface area contributed by atoms with Crippen LogP contribution in [0.2, 0.25) is 0 Å². The maximum absolute atomic E-state index is 12.8. The van der Waals surface area contributed by atoms with Crippen molar-refractivity contribution in [1.29, 1.82) is 0 Å². The molecule has 0 aliphatic heterocycles. The summed E-state index contributed by atoms with van der Waals surface area (Å²) in [5.74, 6) is 1.12. The number of hydrogen-bond donors (Lipinski definition) is 3. The quantitative estimate of drug-likeness (QED) is 0.283. The first kappa shape index (κ1) is 26.3. The molecule has 2 aromatic carbocycles. The van der Waals surface area contributed by atoms with E-state index in [4.69, 9.17) is 15.2 Å². The number of aryl methyl sites for hydroxylation is 1. The Morgan fingerprint density at radius 2 is 1.94 bits per heavy atom. The van der Waals surface area contributed by atoms with Crippen molar-refractivity contribution in [3.8, 4) is 5.75 Å². The van der Waals surface area contributed by atoms with E-state index < -0.39 is 0 Å². The van der Waals surface area contributed by atoms with E-state index >= 15 is 0 Å². The summed E-state index contributed by atoms with van der Waals surface area (Å²) >= 11 is 0. The molecule has 0 spiro atoms. The van der Waals surface area contributed by atoms with Gasteiger partial charge in [-0.05, 0) is 91.9 Å². The van der Waals surface area contributed by atoms with E-state index in [0.717, 1.165) is 36.6 Å². The topological polar surface area (TPSA) is 85.6 Å². The average molecular weight is 494 g/mol. The number of nitrogen functional groups attached to an aromatic ring is 1. The van der Waals surface area contributed by atoms with Gasteiger partial charge in [0.15, 0.2) is 0 Å². The smallest absolute Gasteiger partial charge is 0.306 e. The third-order valence-electron chi connectivity index (χ3n) is 8.10. The first-order valence-electron chi connectivity index (χ1n) is 13.6. The molecule has 0 heterocycles. The molecule has 4 N–H and O–H groups in total. The first-order chi connectivity index (χ1) is 17.5. The minimum absolute atomic E-state index is 0.155. The molecule has 36 heavy (non-hydrogen) atoms. The van der Waals surface area contributed by atoms with Gasteiger partial charge in [-0.2, -0.15) is 0 Å². The Morgan fingerprint density at radius 1 is 1.17 bits per heavy atom. The second-order valence-electron chi connectivity index (χ2n) is 10.4.